The fraction of sp³-hybridized carbons (Fsp3) is 0.300. The summed E-state index contributed by atoms with van der Waals surface area (Å²) in [5.41, 5.74) is 11.3. The van der Waals surface area contributed by atoms with E-state index in [4.69, 9.17) is 16.2 Å². The predicted octanol–water partition coefficient (Wildman–Crippen LogP) is 1.72. The van der Waals surface area contributed by atoms with Crippen LogP contribution in [-0.4, -0.2) is 18.6 Å². The van der Waals surface area contributed by atoms with Crippen LogP contribution in [0.25, 0.3) is 0 Å². The first kappa shape index (κ1) is 14.0. The molecule has 0 spiro atoms. The zero-order chi connectivity index (χ0) is 12.3. The average Bonchev–Trinajstić information content (AvgIpc) is 2.15. The summed E-state index contributed by atoms with van der Waals surface area (Å²) >= 11 is 4.23. The molecule has 16 heavy (non-hydrogen) atoms. The molecule has 1 unspecified atom stereocenters. The molecule has 0 saturated carbocycles. The van der Waals surface area contributed by atoms with E-state index in [2.05, 4.69) is 45.2 Å². The summed E-state index contributed by atoms with van der Waals surface area (Å²) < 4.78 is 7.29. The Balaban J connectivity index is 2.98. The predicted molar refractivity (Wildman–Crippen MR) is 79.5 cm³/mol. The summed E-state index contributed by atoms with van der Waals surface area (Å²) in [6.07, 6.45) is 0. The summed E-state index contributed by atoms with van der Waals surface area (Å²) in [4.78, 5) is 11.0. The van der Waals surface area contributed by atoms with Crippen LogP contribution in [0.4, 0.5) is 0 Å². The molecule has 0 radical (unpaired) electrons. The van der Waals surface area contributed by atoms with Gasteiger partial charge in [0.05, 0.1) is 7.14 Å². The Hall–Kier alpha value is -0.0900. The monoisotopic (exact) mass is 446 g/mol. The van der Waals surface area contributed by atoms with E-state index in [9.17, 15) is 4.79 Å². The normalized spacial score (nSPS) is 12.2. The van der Waals surface area contributed by atoms with Crippen LogP contribution >= 0.6 is 45.2 Å². The molecular formula is C10H12I2N2O2. The van der Waals surface area contributed by atoms with E-state index in [1.165, 1.54) is 0 Å². The summed E-state index contributed by atoms with van der Waals surface area (Å²) in [5.74, 6) is 0.318. The van der Waals surface area contributed by atoms with Crippen LogP contribution in [0.5, 0.6) is 5.75 Å². The van der Waals surface area contributed by atoms with Crippen LogP contribution in [-0.2, 0) is 0 Å². The lowest BCUT2D eigenvalue weighted by Crippen LogP contribution is -2.24. The maximum Gasteiger partial charge on any atom is 0.248 e. The molecule has 1 aromatic rings. The quantitative estimate of drug-likeness (QED) is 0.692. The molecular weight excluding hydrogens is 434 g/mol. The first-order valence-corrected chi connectivity index (χ1v) is 6.74. The van der Waals surface area contributed by atoms with Crippen molar-refractivity contribution >= 4 is 51.1 Å². The highest BCUT2D eigenvalue weighted by Crippen LogP contribution is 2.28. The number of carbonyl (C=O) groups excluding carboxylic acids is 1. The molecule has 0 aliphatic rings. The molecule has 6 heteroatoms. The Kier molecular flexibility index (Phi) is 5.25. The minimum absolute atomic E-state index is 0.0255. The lowest BCUT2D eigenvalue weighted by Gasteiger charge is -2.13. The van der Waals surface area contributed by atoms with Crippen LogP contribution in [0.1, 0.15) is 17.3 Å². The molecule has 0 heterocycles. The minimum atomic E-state index is -0.436. The number of amides is 1. The van der Waals surface area contributed by atoms with Crippen molar-refractivity contribution in [3.05, 3.63) is 24.8 Å². The molecule has 1 amide bonds. The summed E-state index contributed by atoms with van der Waals surface area (Å²) in [5, 5.41) is 0. The molecule has 4 nitrogen and oxygen atoms in total. The Labute approximate surface area is 121 Å². The van der Waals surface area contributed by atoms with Gasteiger partial charge in [-0.3, -0.25) is 4.79 Å². The summed E-state index contributed by atoms with van der Waals surface area (Å²) in [6.45, 7) is 2.32. The Bertz CT molecular complexity index is 385. The van der Waals surface area contributed by atoms with Crippen LogP contribution in [0.15, 0.2) is 12.1 Å². The van der Waals surface area contributed by atoms with Crippen LogP contribution in [0, 0.1) is 7.14 Å². The lowest BCUT2D eigenvalue weighted by atomic mass is 10.2. The average molecular weight is 446 g/mol. The zero-order valence-corrected chi connectivity index (χ0v) is 13.0. The molecule has 1 atom stereocenters. The van der Waals surface area contributed by atoms with E-state index in [0.717, 1.165) is 12.9 Å². The Morgan fingerprint density at radius 1 is 1.44 bits per heavy atom. The number of rotatable bonds is 4. The third kappa shape index (κ3) is 3.74. The van der Waals surface area contributed by atoms with Gasteiger partial charge in [-0.15, -0.1) is 0 Å². The standard InChI is InChI=1S/C10H12I2N2O2/c1-5(13)4-16-9-7(11)2-6(10(14)15)3-8(9)12/h2-3,5H,4,13H2,1H3,(H2,14,15). The largest absolute Gasteiger partial charge is 0.490 e. The molecule has 0 saturated heterocycles. The van der Waals surface area contributed by atoms with Gasteiger partial charge in [-0.05, 0) is 64.2 Å². The molecule has 1 aromatic carbocycles. The molecule has 0 aliphatic carbocycles. The smallest absolute Gasteiger partial charge is 0.248 e. The van der Waals surface area contributed by atoms with Crippen LogP contribution < -0.4 is 16.2 Å². The van der Waals surface area contributed by atoms with E-state index in [-0.39, 0.29) is 6.04 Å². The maximum atomic E-state index is 11.0. The van der Waals surface area contributed by atoms with Gasteiger partial charge in [-0.1, -0.05) is 0 Å². The van der Waals surface area contributed by atoms with Crippen LogP contribution in [0.3, 0.4) is 0 Å². The van der Waals surface area contributed by atoms with Crippen molar-refractivity contribution in [3.63, 3.8) is 0 Å². The van der Waals surface area contributed by atoms with Gasteiger partial charge in [-0.25, -0.2) is 0 Å². The van der Waals surface area contributed by atoms with E-state index >= 15 is 0 Å². The van der Waals surface area contributed by atoms with Gasteiger partial charge in [0.15, 0.2) is 0 Å². The molecule has 0 aromatic heterocycles. The van der Waals surface area contributed by atoms with Crippen molar-refractivity contribution in [1.29, 1.82) is 0 Å². The fourth-order valence-electron chi connectivity index (χ4n) is 1.05. The van der Waals surface area contributed by atoms with Gasteiger partial charge in [-0.2, -0.15) is 0 Å². The van der Waals surface area contributed by atoms with Gasteiger partial charge in [0.25, 0.3) is 0 Å². The summed E-state index contributed by atoms with van der Waals surface area (Å²) in [6, 6.07) is 3.39. The number of hydrogen-bond acceptors (Lipinski definition) is 3. The molecule has 1 rings (SSSR count). The highest BCUT2D eigenvalue weighted by molar-refractivity contribution is 14.1. The van der Waals surface area contributed by atoms with Gasteiger partial charge in [0, 0.05) is 11.6 Å². The van der Waals surface area contributed by atoms with E-state index in [1.807, 2.05) is 6.92 Å². The van der Waals surface area contributed by atoms with Crippen molar-refractivity contribution in [2.45, 2.75) is 13.0 Å². The zero-order valence-electron chi connectivity index (χ0n) is 8.67. The summed E-state index contributed by atoms with van der Waals surface area (Å²) in [7, 11) is 0. The van der Waals surface area contributed by atoms with Crippen molar-refractivity contribution < 1.29 is 9.53 Å². The first-order chi connectivity index (χ1) is 7.41. The lowest BCUT2D eigenvalue weighted by molar-refractivity contribution is 0.1000. The molecule has 88 valence electrons. The third-order valence-electron chi connectivity index (χ3n) is 1.77. The van der Waals surface area contributed by atoms with E-state index in [0.29, 0.717) is 12.2 Å². The van der Waals surface area contributed by atoms with Gasteiger partial charge in [0.1, 0.15) is 12.4 Å². The molecule has 0 fully saturated rings. The molecule has 0 bridgehead atoms. The van der Waals surface area contributed by atoms with Crippen molar-refractivity contribution in [3.8, 4) is 5.75 Å². The number of nitrogens with two attached hydrogens (primary N) is 2. The van der Waals surface area contributed by atoms with Crippen LogP contribution in [0.2, 0.25) is 0 Å². The second kappa shape index (κ2) is 6.01. The second-order valence-electron chi connectivity index (χ2n) is 3.42. The molecule has 4 N–H and O–H groups in total. The van der Waals surface area contributed by atoms with Gasteiger partial charge in [0.2, 0.25) is 5.91 Å². The minimum Gasteiger partial charge on any atom is -0.490 e. The fourth-order valence-corrected chi connectivity index (χ4v) is 3.13. The number of ether oxygens (including phenoxy) is 1. The van der Waals surface area contributed by atoms with E-state index < -0.39 is 5.91 Å². The van der Waals surface area contributed by atoms with E-state index in [1.54, 1.807) is 12.1 Å². The third-order valence-corrected chi connectivity index (χ3v) is 3.38. The van der Waals surface area contributed by atoms with Gasteiger partial charge < -0.3 is 16.2 Å². The number of halogens is 2. The Morgan fingerprint density at radius 2 is 1.94 bits per heavy atom. The number of primary amides is 1. The highest BCUT2D eigenvalue weighted by Gasteiger charge is 2.12. The topological polar surface area (TPSA) is 78.3 Å². The Morgan fingerprint density at radius 3 is 2.31 bits per heavy atom. The maximum absolute atomic E-state index is 11.0. The number of benzene rings is 1. The first-order valence-electron chi connectivity index (χ1n) is 4.59. The SMILES string of the molecule is CC(N)COc1c(I)cc(C(N)=O)cc1I. The highest BCUT2D eigenvalue weighted by atomic mass is 127. The van der Waals surface area contributed by atoms with Crippen molar-refractivity contribution in [2.24, 2.45) is 11.5 Å². The van der Waals surface area contributed by atoms with Gasteiger partial charge >= 0.3 is 0 Å². The van der Waals surface area contributed by atoms with Crippen molar-refractivity contribution in [1.82, 2.24) is 0 Å². The second-order valence-corrected chi connectivity index (χ2v) is 5.75. The number of hydrogen-bond donors (Lipinski definition) is 2. The molecule has 0 aliphatic heterocycles. The van der Waals surface area contributed by atoms with Crippen molar-refractivity contribution in [2.75, 3.05) is 6.61 Å². The number of carbonyl (C=O) groups is 1.